The summed E-state index contributed by atoms with van der Waals surface area (Å²) >= 11 is 0. The monoisotopic (exact) mass is 461 g/mol. The normalized spacial score (nSPS) is 10.4. The molecule has 0 aliphatic carbocycles. The highest BCUT2D eigenvalue weighted by Crippen LogP contribution is 2.18. The zero-order valence-electron chi connectivity index (χ0n) is 19.4. The van der Waals surface area contributed by atoms with Gasteiger partial charge in [-0.2, -0.15) is 0 Å². The maximum Gasteiger partial charge on any atom is 0.251 e. The Morgan fingerprint density at radius 2 is 1.65 bits per heavy atom. The highest BCUT2D eigenvalue weighted by Gasteiger charge is 2.07. The topological polar surface area (TPSA) is 88.7 Å². The summed E-state index contributed by atoms with van der Waals surface area (Å²) in [5.41, 5.74) is 3.21. The van der Waals surface area contributed by atoms with E-state index in [1.54, 1.807) is 31.4 Å². The number of amides is 2. The summed E-state index contributed by atoms with van der Waals surface area (Å²) in [5, 5.41) is 8.78. The predicted octanol–water partition coefficient (Wildman–Crippen LogP) is 4.13. The Balaban J connectivity index is 1.40. The summed E-state index contributed by atoms with van der Waals surface area (Å²) < 4.78 is 10.8. The molecule has 0 radical (unpaired) electrons. The molecular formula is C27H31N3O4. The molecule has 0 aliphatic rings. The molecule has 0 saturated carbocycles. The summed E-state index contributed by atoms with van der Waals surface area (Å²) in [7, 11) is 1.63. The zero-order valence-corrected chi connectivity index (χ0v) is 19.4. The lowest BCUT2D eigenvalue weighted by Gasteiger charge is -2.11. The average molecular weight is 462 g/mol. The summed E-state index contributed by atoms with van der Waals surface area (Å²) in [5.74, 6) is 0.394. The standard InChI is InChI=1S/C27H31N3O4/c1-33-17-6-16-28-27(32)22-11-13-23(14-12-22)29-20-26(31)30-24-9-5-10-25(19-24)34-18-15-21-7-3-2-4-8-21/h2-5,7-14,19,29H,6,15-18,20H2,1H3,(H,28,32)(H,30,31). The molecule has 0 heterocycles. The smallest absolute Gasteiger partial charge is 0.251 e. The fourth-order valence-corrected chi connectivity index (χ4v) is 3.24. The van der Waals surface area contributed by atoms with E-state index in [9.17, 15) is 9.59 Å². The van der Waals surface area contributed by atoms with E-state index in [1.807, 2.05) is 42.5 Å². The van der Waals surface area contributed by atoms with Gasteiger partial charge in [0.2, 0.25) is 5.91 Å². The minimum atomic E-state index is -0.179. The van der Waals surface area contributed by atoms with Gasteiger partial charge in [0.25, 0.3) is 5.91 Å². The second kappa shape index (κ2) is 13.6. The van der Waals surface area contributed by atoms with Crippen molar-refractivity contribution in [3.05, 3.63) is 90.0 Å². The maximum atomic E-state index is 12.4. The van der Waals surface area contributed by atoms with Gasteiger partial charge in [0.05, 0.1) is 13.2 Å². The first-order chi connectivity index (χ1) is 16.6. The molecule has 0 spiro atoms. The van der Waals surface area contributed by atoms with Crippen LogP contribution in [0.1, 0.15) is 22.3 Å². The number of carbonyl (C=O) groups is 2. The van der Waals surface area contributed by atoms with Gasteiger partial charge in [0, 0.05) is 49.7 Å². The van der Waals surface area contributed by atoms with Gasteiger partial charge in [-0.05, 0) is 48.4 Å². The van der Waals surface area contributed by atoms with Crippen LogP contribution in [0.15, 0.2) is 78.9 Å². The second-order valence-corrected chi connectivity index (χ2v) is 7.69. The number of hydrogen-bond acceptors (Lipinski definition) is 5. The lowest BCUT2D eigenvalue weighted by molar-refractivity contribution is -0.114. The Kier molecular flexibility index (Phi) is 9.95. The third-order valence-electron chi connectivity index (χ3n) is 5.03. The van der Waals surface area contributed by atoms with Gasteiger partial charge in [-0.25, -0.2) is 0 Å². The maximum absolute atomic E-state index is 12.4. The van der Waals surface area contributed by atoms with Crippen molar-refractivity contribution >= 4 is 23.2 Å². The van der Waals surface area contributed by atoms with Crippen LogP contribution in [-0.4, -0.2) is 45.2 Å². The molecule has 2 amide bonds. The van der Waals surface area contributed by atoms with Crippen molar-refractivity contribution in [1.29, 1.82) is 0 Å². The molecular weight excluding hydrogens is 430 g/mol. The van der Waals surface area contributed by atoms with Gasteiger partial charge in [-0.3, -0.25) is 9.59 Å². The van der Waals surface area contributed by atoms with Crippen LogP contribution in [0.25, 0.3) is 0 Å². The third-order valence-corrected chi connectivity index (χ3v) is 5.03. The first-order valence-electron chi connectivity index (χ1n) is 11.3. The molecule has 0 fully saturated rings. The summed E-state index contributed by atoms with van der Waals surface area (Å²) in [6, 6.07) is 24.5. The molecule has 7 heteroatoms. The molecule has 0 aromatic heterocycles. The molecule has 3 aromatic rings. The van der Waals surface area contributed by atoms with Crippen molar-refractivity contribution in [2.45, 2.75) is 12.8 Å². The molecule has 7 nitrogen and oxygen atoms in total. The van der Waals surface area contributed by atoms with Crippen molar-refractivity contribution in [2.75, 3.05) is 44.0 Å². The lowest BCUT2D eigenvalue weighted by Crippen LogP contribution is -2.25. The highest BCUT2D eigenvalue weighted by atomic mass is 16.5. The van der Waals surface area contributed by atoms with Crippen LogP contribution in [0.3, 0.4) is 0 Å². The van der Waals surface area contributed by atoms with Crippen molar-refractivity contribution in [3.63, 3.8) is 0 Å². The number of benzene rings is 3. The average Bonchev–Trinajstić information content (AvgIpc) is 2.86. The van der Waals surface area contributed by atoms with Gasteiger partial charge in [0.1, 0.15) is 5.75 Å². The van der Waals surface area contributed by atoms with Crippen LogP contribution in [0.5, 0.6) is 5.75 Å². The molecule has 0 saturated heterocycles. The predicted molar refractivity (Wildman–Crippen MR) is 134 cm³/mol. The first-order valence-corrected chi connectivity index (χ1v) is 11.3. The number of methoxy groups -OCH3 is 1. The van der Waals surface area contributed by atoms with Gasteiger partial charge in [-0.15, -0.1) is 0 Å². The minimum Gasteiger partial charge on any atom is -0.493 e. The van der Waals surface area contributed by atoms with Crippen LogP contribution in [-0.2, 0) is 16.0 Å². The molecule has 178 valence electrons. The van der Waals surface area contributed by atoms with Crippen LogP contribution < -0.4 is 20.7 Å². The zero-order chi connectivity index (χ0) is 24.0. The largest absolute Gasteiger partial charge is 0.493 e. The Morgan fingerprint density at radius 3 is 2.41 bits per heavy atom. The Labute approximate surface area is 200 Å². The number of nitrogens with one attached hydrogen (secondary N) is 3. The van der Waals surface area contributed by atoms with Gasteiger partial charge in [-0.1, -0.05) is 36.4 Å². The number of anilines is 2. The number of rotatable bonds is 13. The van der Waals surface area contributed by atoms with E-state index in [2.05, 4.69) is 28.1 Å². The van der Waals surface area contributed by atoms with Crippen molar-refractivity contribution in [1.82, 2.24) is 5.32 Å². The van der Waals surface area contributed by atoms with Crippen LogP contribution in [0.4, 0.5) is 11.4 Å². The van der Waals surface area contributed by atoms with Gasteiger partial charge >= 0.3 is 0 Å². The molecule has 34 heavy (non-hydrogen) atoms. The molecule has 3 aromatic carbocycles. The fraction of sp³-hybridized carbons (Fsp3) is 0.259. The van der Waals surface area contributed by atoms with E-state index < -0.39 is 0 Å². The molecule has 3 N–H and O–H groups in total. The Bertz CT molecular complexity index is 1040. The second-order valence-electron chi connectivity index (χ2n) is 7.69. The highest BCUT2D eigenvalue weighted by molar-refractivity contribution is 5.95. The number of ether oxygens (including phenoxy) is 2. The van der Waals surface area contributed by atoms with E-state index in [4.69, 9.17) is 9.47 Å². The van der Waals surface area contributed by atoms with Crippen molar-refractivity contribution < 1.29 is 19.1 Å². The van der Waals surface area contributed by atoms with Crippen LogP contribution >= 0.6 is 0 Å². The molecule has 0 unspecified atom stereocenters. The summed E-state index contributed by atoms with van der Waals surface area (Å²) in [6.45, 7) is 1.83. The van der Waals surface area contributed by atoms with Crippen LogP contribution in [0.2, 0.25) is 0 Å². The number of carbonyl (C=O) groups excluding carboxylic acids is 2. The van der Waals surface area contributed by atoms with E-state index in [-0.39, 0.29) is 18.4 Å². The van der Waals surface area contributed by atoms with E-state index in [0.29, 0.717) is 36.8 Å². The quantitative estimate of drug-likeness (QED) is 0.333. The van der Waals surface area contributed by atoms with E-state index in [1.165, 1.54) is 5.56 Å². The van der Waals surface area contributed by atoms with E-state index in [0.717, 1.165) is 18.5 Å². The lowest BCUT2D eigenvalue weighted by atomic mass is 10.2. The van der Waals surface area contributed by atoms with Crippen molar-refractivity contribution in [3.8, 4) is 5.75 Å². The van der Waals surface area contributed by atoms with Crippen molar-refractivity contribution in [2.24, 2.45) is 0 Å². The minimum absolute atomic E-state index is 0.0989. The van der Waals surface area contributed by atoms with Crippen LogP contribution in [0, 0.1) is 0 Å². The Morgan fingerprint density at radius 1 is 0.853 bits per heavy atom. The van der Waals surface area contributed by atoms with Gasteiger partial charge < -0.3 is 25.4 Å². The molecule has 0 atom stereocenters. The third kappa shape index (κ3) is 8.60. The number of hydrogen-bond donors (Lipinski definition) is 3. The van der Waals surface area contributed by atoms with E-state index >= 15 is 0 Å². The SMILES string of the molecule is COCCCNC(=O)c1ccc(NCC(=O)Nc2cccc(OCCc3ccccc3)c2)cc1. The Hall–Kier alpha value is -3.84. The summed E-state index contributed by atoms with van der Waals surface area (Å²) in [4.78, 5) is 24.5. The molecule has 0 bridgehead atoms. The first kappa shape index (κ1) is 24.8. The van der Waals surface area contributed by atoms with Gasteiger partial charge in [0.15, 0.2) is 0 Å². The summed E-state index contributed by atoms with van der Waals surface area (Å²) in [6.07, 6.45) is 1.58. The molecule has 3 rings (SSSR count). The fourth-order valence-electron chi connectivity index (χ4n) is 3.24. The molecule has 0 aliphatic heterocycles.